The van der Waals surface area contributed by atoms with E-state index in [1.54, 1.807) is 18.4 Å². The molecule has 11 nitrogen and oxygen atoms in total. The summed E-state index contributed by atoms with van der Waals surface area (Å²) in [7, 11) is 3.77. The Labute approximate surface area is 262 Å². The molecule has 0 N–H and O–H groups in total. The van der Waals surface area contributed by atoms with Crippen LogP contribution in [0.3, 0.4) is 0 Å². The molecule has 0 fully saturated rings. The number of hydrogen-bond donors (Lipinski definition) is 0. The first-order valence-corrected chi connectivity index (χ1v) is 15.1. The minimum Gasteiger partial charge on any atom is -0.435 e. The third-order valence-electron chi connectivity index (χ3n) is 7.19. The van der Waals surface area contributed by atoms with Gasteiger partial charge in [-0.15, -0.1) is 15.0 Å². The monoisotopic (exact) mass is 617 g/mol. The second kappa shape index (κ2) is 14.8. The summed E-state index contributed by atoms with van der Waals surface area (Å²) < 4.78 is 11.8. The lowest BCUT2D eigenvalue weighted by atomic mass is 9.98. The fourth-order valence-corrected chi connectivity index (χ4v) is 4.83. The van der Waals surface area contributed by atoms with Crippen molar-refractivity contribution in [3.05, 3.63) is 81.5 Å². The minimum absolute atomic E-state index is 0.0439. The minimum atomic E-state index is -0.797. The molecule has 0 saturated carbocycles. The van der Waals surface area contributed by atoms with Crippen LogP contribution in [-0.2, 0) is 28.9 Å². The van der Waals surface area contributed by atoms with Gasteiger partial charge in [0, 0.05) is 43.8 Å². The summed E-state index contributed by atoms with van der Waals surface area (Å²) in [6.45, 7) is 7.97. The molecule has 2 aromatic heterocycles. The Kier molecular flexibility index (Phi) is 10.9. The summed E-state index contributed by atoms with van der Waals surface area (Å²) in [5, 5.41) is 12.7. The van der Waals surface area contributed by atoms with Gasteiger partial charge >= 0.3 is 6.16 Å². The number of hydrogen-bond acceptors (Lipinski definition) is 9. The van der Waals surface area contributed by atoms with Crippen molar-refractivity contribution < 1.29 is 14.3 Å². The molecule has 4 rings (SSSR count). The first-order chi connectivity index (χ1) is 21.1. The predicted octanol–water partition coefficient (Wildman–Crippen LogP) is 5.39. The predicted molar refractivity (Wildman–Crippen MR) is 172 cm³/mol. The molecule has 1 unspecified atom stereocenters. The Balaban J connectivity index is 1.61. The highest BCUT2D eigenvalue weighted by molar-refractivity contribution is 7.80. The van der Waals surface area contributed by atoms with Crippen molar-refractivity contribution >= 4 is 23.4 Å². The first kappa shape index (κ1) is 32.5. The maximum absolute atomic E-state index is 13.8. The zero-order valence-corrected chi connectivity index (χ0v) is 26.9. The molecule has 2 heterocycles. The van der Waals surface area contributed by atoms with E-state index in [9.17, 15) is 9.59 Å². The first-order valence-electron chi connectivity index (χ1n) is 14.7. The number of aromatic nitrogens is 6. The number of carbonyl (C=O) groups excluding carboxylic acids is 1. The molecule has 0 aliphatic heterocycles. The molecule has 0 radical (unpaired) electrons. The normalized spacial score (nSPS) is 11.7. The molecule has 0 amide bonds. The Hall–Kier alpha value is -4.45. The third kappa shape index (κ3) is 7.73. The van der Waals surface area contributed by atoms with E-state index in [1.165, 1.54) is 4.80 Å². The van der Waals surface area contributed by atoms with Gasteiger partial charge in [0.1, 0.15) is 5.82 Å². The molecule has 4 aromatic rings. The Bertz CT molecular complexity index is 1660. The molecular weight excluding hydrogens is 578 g/mol. The molecular formula is C32H39N7O4S. The van der Waals surface area contributed by atoms with Crippen molar-refractivity contribution in [2.24, 2.45) is 0 Å². The number of thiocarbonyl (C=S) groups is 1. The second-order valence-corrected chi connectivity index (χ2v) is 11.1. The molecule has 0 bridgehead atoms. The van der Waals surface area contributed by atoms with Crippen LogP contribution < -0.4 is 5.56 Å². The lowest BCUT2D eigenvalue weighted by Gasteiger charge is -2.18. The van der Waals surface area contributed by atoms with Gasteiger partial charge in [0.15, 0.2) is 0 Å². The highest BCUT2D eigenvalue weighted by Crippen LogP contribution is 2.30. The van der Waals surface area contributed by atoms with Crippen LogP contribution in [0.15, 0.2) is 53.3 Å². The highest BCUT2D eigenvalue weighted by atomic mass is 32.1. The number of likely N-dealkylation sites (N-methyl/N-ethyl adjacent to an activating group) is 1. The molecule has 12 heteroatoms. The van der Waals surface area contributed by atoms with Gasteiger partial charge in [-0.05, 0) is 49.1 Å². The van der Waals surface area contributed by atoms with Gasteiger partial charge in [0.25, 0.3) is 5.56 Å². The van der Waals surface area contributed by atoms with Crippen molar-refractivity contribution in [2.45, 2.75) is 66.2 Å². The van der Waals surface area contributed by atoms with E-state index in [-0.39, 0.29) is 12.2 Å². The van der Waals surface area contributed by atoms with Crippen LogP contribution >= 0.6 is 12.2 Å². The van der Waals surface area contributed by atoms with E-state index >= 15 is 0 Å². The molecule has 0 spiro atoms. The van der Waals surface area contributed by atoms with E-state index in [2.05, 4.69) is 22.3 Å². The third-order valence-corrected chi connectivity index (χ3v) is 7.69. The van der Waals surface area contributed by atoms with Crippen molar-refractivity contribution in [3.8, 4) is 22.5 Å². The van der Waals surface area contributed by atoms with Crippen LogP contribution in [0.2, 0.25) is 0 Å². The smallest absolute Gasteiger partial charge is 0.435 e. The van der Waals surface area contributed by atoms with Crippen LogP contribution in [0.5, 0.6) is 0 Å². The largest absolute Gasteiger partial charge is 0.510 e. The van der Waals surface area contributed by atoms with Gasteiger partial charge in [0.2, 0.25) is 12.1 Å². The van der Waals surface area contributed by atoms with Crippen molar-refractivity contribution in [1.82, 2.24) is 34.7 Å². The lowest BCUT2D eigenvalue weighted by molar-refractivity contribution is -0.00513. The van der Waals surface area contributed by atoms with Crippen LogP contribution in [0.1, 0.15) is 62.5 Å². The number of ether oxygens (including phenoxy) is 2. The summed E-state index contributed by atoms with van der Waals surface area (Å²) in [4.78, 5) is 34.1. The highest BCUT2D eigenvalue weighted by Gasteiger charge is 2.19. The number of tetrazole rings is 1. The summed E-state index contributed by atoms with van der Waals surface area (Å²) in [5.74, 6) is 1.18. The molecule has 44 heavy (non-hydrogen) atoms. The molecule has 2 aromatic carbocycles. The van der Waals surface area contributed by atoms with Crippen molar-refractivity contribution in [2.75, 3.05) is 20.7 Å². The number of aryl methyl sites for hydroxylation is 2. The van der Waals surface area contributed by atoms with E-state index < -0.39 is 12.4 Å². The van der Waals surface area contributed by atoms with E-state index in [0.717, 1.165) is 53.0 Å². The van der Waals surface area contributed by atoms with Gasteiger partial charge in [-0.3, -0.25) is 9.36 Å². The summed E-state index contributed by atoms with van der Waals surface area (Å²) in [6.07, 6.45) is 1.49. The number of unbranched alkanes of at least 4 members (excludes halogenated alkanes) is 1. The lowest BCUT2D eigenvalue weighted by Crippen LogP contribution is -2.33. The van der Waals surface area contributed by atoms with Gasteiger partial charge in [-0.25, -0.2) is 9.78 Å². The zero-order chi connectivity index (χ0) is 31.8. The molecule has 1 atom stereocenters. The van der Waals surface area contributed by atoms with Crippen LogP contribution in [0.4, 0.5) is 4.79 Å². The van der Waals surface area contributed by atoms with Crippen molar-refractivity contribution in [1.29, 1.82) is 0 Å². The van der Waals surface area contributed by atoms with E-state index in [1.807, 2.05) is 74.4 Å². The second-order valence-electron chi connectivity index (χ2n) is 10.6. The maximum Gasteiger partial charge on any atom is 0.510 e. The van der Waals surface area contributed by atoms with Crippen LogP contribution in [0, 0.1) is 6.92 Å². The topological polar surface area (TPSA) is 117 Å². The van der Waals surface area contributed by atoms with Gasteiger partial charge in [0.05, 0.1) is 18.1 Å². The van der Waals surface area contributed by atoms with Crippen LogP contribution in [0.25, 0.3) is 22.5 Å². The summed E-state index contributed by atoms with van der Waals surface area (Å²) in [5.41, 5.74) is 4.95. The number of rotatable bonds is 12. The number of carbonyl (C=O) groups is 1. The quantitative estimate of drug-likeness (QED) is 0.151. The Morgan fingerprint density at radius 2 is 1.77 bits per heavy atom. The van der Waals surface area contributed by atoms with Gasteiger partial charge < -0.3 is 14.4 Å². The van der Waals surface area contributed by atoms with E-state index in [4.69, 9.17) is 26.7 Å². The van der Waals surface area contributed by atoms with Gasteiger partial charge in [-0.2, -0.15) is 0 Å². The zero-order valence-electron chi connectivity index (χ0n) is 26.1. The number of nitrogens with zero attached hydrogens (tertiary/aromatic N) is 7. The average Bonchev–Trinajstić information content (AvgIpc) is 3.51. The van der Waals surface area contributed by atoms with Crippen molar-refractivity contribution in [3.63, 3.8) is 0 Å². The van der Waals surface area contributed by atoms with E-state index in [0.29, 0.717) is 29.3 Å². The number of benzene rings is 2. The SMILES string of the molecule is CCCCc1nc(C)c(CC(=S)N(C)C)c(=O)n1Cc1ccc(-c2ccccc2-c2nnn(C(C)OC(=O)OCC)n2)cc1. The summed E-state index contributed by atoms with van der Waals surface area (Å²) in [6, 6.07) is 15.8. The fraction of sp³-hybridized carbons (Fsp3) is 0.406. The molecule has 0 saturated heterocycles. The maximum atomic E-state index is 13.8. The standard InChI is InChI=1S/C32H39N7O4S/c1-7-9-14-28-33-21(3)27(19-29(44)37(5)6)31(40)38(28)20-23-15-17-24(18-16-23)25-12-10-11-13-26(25)30-34-36-39(35-30)22(4)43-32(41)42-8-2/h10-13,15-18,22H,7-9,14,19-20H2,1-6H3. The fourth-order valence-electron chi connectivity index (χ4n) is 4.69. The summed E-state index contributed by atoms with van der Waals surface area (Å²) >= 11 is 5.51. The average molecular weight is 618 g/mol. The Morgan fingerprint density at radius 1 is 1.07 bits per heavy atom. The molecule has 0 aliphatic rings. The Morgan fingerprint density at radius 3 is 2.43 bits per heavy atom. The van der Waals surface area contributed by atoms with Crippen LogP contribution in [-0.4, -0.2) is 66.5 Å². The molecule has 232 valence electrons. The van der Waals surface area contributed by atoms with Gasteiger partial charge in [-0.1, -0.05) is 74.1 Å². The molecule has 0 aliphatic carbocycles.